The molecule has 1 spiro atoms. The highest BCUT2D eigenvalue weighted by molar-refractivity contribution is 5.78. The molecule has 0 aromatic heterocycles. The van der Waals surface area contributed by atoms with E-state index in [4.69, 9.17) is 0 Å². The number of carbonyl (C=O) groups is 1. The predicted octanol–water partition coefficient (Wildman–Crippen LogP) is 2.58. The van der Waals surface area contributed by atoms with Crippen LogP contribution in [-0.2, 0) is 11.3 Å². The van der Waals surface area contributed by atoms with Crippen molar-refractivity contribution in [3.8, 4) is 0 Å². The first-order chi connectivity index (χ1) is 11.5. The molecule has 0 bridgehead atoms. The number of piperidine rings is 1. The molecule has 4 heteroatoms. The van der Waals surface area contributed by atoms with Crippen molar-refractivity contribution in [2.45, 2.75) is 51.7 Å². The van der Waals surface area contributed by atoms with Gasteiger partial charge < -0.3 is 10.0 Å². The zero-order valence-corrected chi connectivity index (χ0v) is 15.0. The van der Waals surface area contributed by atoms with Crippen LogP contribution in [0.25, 0.3) is 0 Å². The SMILES string of the molecule is Cc1ccc(CN(C)CC(=O)N2CCC[C@@]3(CCC[C@H]3O)C2)cc1. The van der Waals surface area contributed by atoms with Crippen molar-refractivity contribution in [1.29, 1.82) is 0 Å². The van der Waals surface area contributed by atoms with Crippen LogP contribution in [-0.4, -0.2) is 53.6 Å². The van der Waals surface area contributed by atoms with Crippen molar-refractivity contribution in [1.82, 2.24) is 9.80 Å². The van der Waals surface area contributed by atoms with Gasteiger partial charge in [-0.3, -0.25) is 9.69 Å². The van der Waals surface area contributed by atoms with Gasteiger partial charge in [-0.1, -0.05) is 36.2 Å². The monoisotopic (exact) mass is 330 g/mol. The van der Waals surface area contributed by atoms with Crippen LogP contribution in [0.1, 0.15) is 43.2 Å². The van der Waals surface area contributed by atoms with E-state index in [-0.39, 0.29) is 17.4 Å². The highest BCUT2D eigenvalue weighted by atomic mass is 16.3. The second-order valence-corrected chi connectivity index (χ2v) is 7.85. The number of hydrogen-bond acceptors (Lipinski definition) is 3. The minimum atomic E-state index is -0.224. The van der Waals surface area contributed by atoms with Crippen LogP contribution in [0.3, 0.4) is 0 Å². The van der Waals surface area contributed by atoms with Crippen molar-refractivity contribution >= 4 is 5.91 Å². The van der Waals surface area contributed by atoms with E-state index in [1.165, 1.54) is 11.1 Å². The first-order valence-corrected chi connectivity index (χ1v) is 9.18. The van der Waals surface area contributed by atoms with Crippen LogP contribution in [0.5, 0.6) is 0 Å². The number of amides is 1. The number of aryl methyl sites for hydroxylation is 1. The van der Waals surface area contributed by atoms with E-state index in [2.05, 4.69) is 36.1 Å². The molecule has 2 atom stereocenters. The summed E-state index contributed by atoms with van der Waals surface area (Å²) in [7, 11) is 2.00. The van der Waals surface area contributed by atoms with Gasteiger partial charge in [0.15, 0.2) is 0 Å². The second-order valence-electron chi connectivity index (χ2n) is 7.85. The molecule has 3 rings (SSSR count). The van der Waals surface area contributed by atoms with E-state index < -0.39 is 0 Å². The average molecular weight is 330 g/mol. The summed E-state index contributed by atoms with van der Waals surface area (Å²) in [6, 6.07) is 8.48. The number of likely N-dealkylation sites (tertiary alicyclic amines) is 1. The Morgan fingerprint density at radius 3 is 2.67 bits per heavy atom. The molecule has 2 fully saturated rings. The van der Waals surface area contributed by atoms with E-state index >= 15 is 0 Å². The first kappa shape index (κ1) is 17.4. The van der Waals surface area contributed by atoms with Gasteiger partial charge in [-0.2, -0.15) is 0 Å². The molecule has 4 nitrogen and oxygen atoms in total. The lowest BCUT2D eigenvalue weighted by Gasteiger charge is -2.43. The van der Waals surface area contributed by atoms with E-state index in [9.17, 15) is 9.90 Å². The Labute approximate surface area is 145 Å². The Balaban J connectivity index is 1.55. The summed E-state index contributed by atoms with van der Waals surface area (Å²) in [6.45, 7) is 4.89. The lowest BCUT2D eigenvalue weighted by Crippen LogP contribution is -2.51. The topological polar surface area (TPSA) is 43.8 Å². The van der Waals surface area contributed by atoms with Gasteiger partial charge >= 0.3 is 0 Å². The third-order valence-electron chi connectivity index (χ3n) is 5.80. The van der Waals surface area contributed by atoms with Crippen LogP contribution in [0.2, 0.25) is 0 Å². The standard InChI is InChI=1S/C20H30N2O2/c1-16-6-8-17(9-7-16)13-21(2)14-19(24)22-12-4-11-20(15-22)10-3-5-18(20)23/h6-9,18,23H,3-5,10-15H2,1-2H3/t18-,20+/m1/s1. The normalized spacial score (nSPS) is 27.2. The fraction of sp³-hybridized carbons (Fsp3) is 0.650. The number of hydrogen-bond donors (Lipinski definition) is 1. The van der Waals surface area contributed by atoms with Crippen LogP contribution in [0, 0.1) is 12.3 Å². The van der Waals surface area contributed by atoms with Crippen LogP contribution < -0.4 is 0 Å². The molecule has 0 radical (unpaired) electrons. The molecular weight excluding hydrogens is 300 g/mol. The molecule has 1 heterocycles. The summed E-state index contributed by atoms with van der Waals surface area (Å²) in [5.74, 6) is 0.197. The molecule has 24 heavy (non-hydrogen) atoms. The number of nitrogens with zero attached hydrogens (tertiary/aromatic N) is 2. The summed E-state index contributed by atoms with van der Waals surface area (Å²) in [6.07, 6.45) is 4.92. The van der Waals surface area contributed by atoms with Gasteiger partial charge in [-0.05, 0) is 45.2 Å². The van der Waals surface area contributed by atoms with Crippen molar-refractivity contribution < 1.29 is 9.90 Å². The van der Waals surface area contributed by atoms with Crippen molar-refractivity contribution in [2.24, 2.45) is 5.41 Å². The van der Waals surface area contributed by atoms with Gasteiger partial charge in [0.05, 0.1) is 12.6 Å². The Morgan fingerprint density at radius 1 is 1.29 bits per heavy atom. The van der Waals surface area contributed by atoms with Gasteiger partial charge in [0, 0.05) is 25.0 Å². The van der Waals surface area contributed by atoms with Crippen molar-refractivity contribution in [3.05, 3.63) is 35.4 Å². The van der Waals surface area contributed by atoms with Crippen LogP contribution >= 0.6 is 0 Å². The summed E-state index contributed by atoms with van der Waals surface area (Å²) >= 11 is 0. The van der Waals surface area contributed by atoms with Gasteiger partial charge in [0.1, 0.15) is 0 Å². The zero-order valence-electron chi connectivity index (χ0n) is 15.0. The van der Waals surface area contributed by atoms with Gasteiger partial charge in [-0.15, -0.1) is 0 Å². The van der Waals surface area contributed by atoms with Crippen molar-refractivity contribution in [2.75, 3.05) is 26.7 Å². The number of carbonyl (C=O) groups excluding carboxylic acids is 1. The zero-order chi connectivity index (χ0) is 17.2. The lowest BCUT2D eigenvalue weighted by atomic mass is 9.76. The summed E-state index contributed by atoms with van der Waals surface area (Å²) in [5.41, 5.74) is 2.46. The van der Waals surface area contributed by atoms with Gasteiger partial charge in [-0.25, -0.2) is 0 Å². The molecular formula is C20H30N2O2. The van der Waals surface area contributed by atoms with E-state index in [1.807, 2.05) is 11.9 Å². The predicted molar refractivity (Wildman–Crippen MR) is 95.6 cm³/mol. The molecule has 1 aliphatic heterocycles. The van der Waals surface area contributed by atoms with E-state index in [0.29, 0.717) is 6.54 Å². The van der Waals surface area contributed by atoms with E-state index in [1.54, 1.807) is 0 Å². The maximum atomic E-state index is 12.7. The number of likely N-dealkylation sites (N-methyl/N-ethyl adjacent to an activating group) is 1. The van der Waals surface area contributed by atoms with Gasteiger partial charge in [0.2, 0.25) is 5.91 Å². The largest absolute Gasteiger partial charge is 0.392 e. The third-order valence-corrected chi connectivity index (χ3v) is 5.80. The third kappa shape index (κ3) is 3.81. The molecule has 1 saturated heterocycles. The highest BCUT2D eigenvalue weighted by Gasteiger charge is 2.45. The van der Waals surface area contributed by atoms with Gasteiger partial charge in [0.25, 0.3) is 0 Å². The molecule has 1 aliphatic carbocycles. The summed E-state index contributed by atoms with van der Waals surface area (Å²) in [4.78, 5) is 16.8. The maximum Gasteiger partial charge on any atom is 0.236 e. The molecule has 2 aliphatic rings. The number of benzene rings is 1. The first-order valence-electron chi connectivity index (χ1n) is 9.18. The molecule has 1 amide bonds. The Bertz CT molecular complexity index is 572. The molecule has 1 saturated carbocycles. The van der Waals surface area contributed by atoms with E-state index in [0.717, 1.165) is 51.7 Å². The highest BCUT2D eigenvalue weighted by Crippen LogP contribution is 2.44. The summed E-state index contributed by atoms with van der Waals surface area (Å²) in [5, 5.41) is 10.4. The molecule has 1 aromatic carbocycles. The maximum absolute atomic E-state index is 12.7. The molecule has 1 aromatic rings. The average Bonchev–Trinajstić information content (AvgIpc) is 2.90. The number of aliphatic hydroxyl groups excluding tert-OH is 1. The quantitative estimate of drug-likeness (QED) is 0.923. The minimum Gasteiger partial charge on any atom is -0.392 e. The molecule has 132 valence electrons. The molecule has 1 N–H and O–H groups in total. The second kappa shape index (κ2) is 7.24. The number of aliphatic hydroxyl groups is 1. The fourth-order valence-electron chi connectivity index (χ4n) is 4.36. The number of rotatable bonds is 4. The van der Waals surface area contributed by atoms with Crippen molar-refractivity contribution in [3.63, 3.8) is 0 Å². The summed E-state index contributed by atoms with van der Waals surface area (Å²) < 4.78 is 0. The smallest absolute Gasteiger partial charge is 0.236 e. The Kier molecular flexibility index (Phi) is 5.26. The van der Waals surface area contributed by atoms with Crippen LogP contribution in [0.4, 0.5) is 0 Å². The minimum absolute atomic E-state index is 0.0244. The molecule has 0 unspecified atom stereocenters. The lowest BCUT2D eigenvalue weighted by molar-refractivity contribution is -0.137. The Hall–Kier alpha value is -1.39. The van der Waals surface area contributed by atoms with Crippen LogP contribution in [0.15, 0.2) is 24.3 Å². The fourth-order valence-corrected chi connectivity index (χ4v) is 4.36. The Morgan fingerprint density at radius 2 is 2.00 bits per heavy atom.